The fourth-order valence-corrected chi connectivity index (χ4v) is 16.7. The molecule has 2 fully saturated rings. The fourth-order valence-electron chi connectivity index (χ4n) is 16.7. The highest BCUT2D eigenvalue weighted by atomic mass is 16.5. The van der Waals surface area contributed by atoms with Crippen LogP contribution >= 0.6 is 0 Å². The molecule has 1 aliphatic heterocycles. The molecular formula is C76H86N4O. The van der Waals surface area contributed by atoms with Gasteiger partial charge >= 0.3 is 0 Å². The van der Waals surface area contributed by atoms with Crippen molar-refractivity contribution in [3.05, 3.63) is 216 Å². The van der Waals surface area contributed by atoms with Crippen LogP contribution in [-0.2, 0) is 21.7 Å². The first-order valence-electron chi connectivity index (χ1n) is 30.0. The second kappa shape index (κ2) is 19.3. The van der Waals surface area contributed by atoms with E-state index < -0.39 is 0 Å². The number of benzene rings is 7. The van der Waals surface area contributed by atoms with E-state index in [1.54, 1.807) is 0 Å². The van der Waals surface area contributed by atoms with Crippen LogP contribution in [0.5, 0.6) is 11.5 Å². The normalized spacial score (nSPS) is 18.9. The predicted molar refractivity (Wildman–Crippen MR) is 342 cm³/mol. The summed E-state index contributed by atoms with van der Waals surface area (Å²) in [4.78, 5) is 10.3. The highest BCUT2D eigenvalue weighted by molar-refractivity contribution is 6.09. The first-order valence-corrected chi connectivity index (χ1v) is 30.0. The van der Waals surface area contributed by atoms with Gasteiger partial charge in [0.25, 0.3) is 0 Å². The van der Waals surface area contributed by atoms with Crippen molar-refractivity contribution in [3.8, 4) is 17.3 Å². The summed E-state index contributed by atoms with van der Waals surface area (Å²) < 4.78 is 9.52. The minimum Gasteiger partial charge on any atom is -0.457 e. The SMILES string of the molecule is CC1(C)CC(C)(C)CC(c2ccccc2)(c2cccc(C3(c4ccccc4)CC(C)(C)CC(C)(C)C3)c2N2CN(c3cc(Oc4ccc5c6ccccc6n(-c6cc(C(C)(C)C)ccn6)c5c4)cc(C(C)(C)C)c3)c3ccccc32)C1. The monoisotopic (exact) mass is 1070 g/mol. The molecule has 416 valence electrons. The molecule has 0 spiro atoms. The zero-order chi connectivity index (χ0) is 57.1. The van der Waals surface area contributed by atoms with E-state index in [-0.39, 0.29) is 43.3 Å². The van der Waals surface area contributed by atoms with Gasteiger partial charge in [-0.1, -0.05) is 206 Å². The summed E-state index contributed by atoms with van der Waals surface area (Å²) in [7, 11) is 0. The summed E-state index contributed by atoms with van der Waals surface area (Å²) >= 11 is 0. The summed E-state index contributed by atoms with van der Waals surface area (Å²) in [5, 5.41) is 2.36. The van der Waals surface area contributed by atoms with Gasteiger partial charge in [0, 0.05) is 45.6 Å². The Morgan fingerprint density at radius 1 is 0.420 bits per heavy atom. The van der Waals surface area contributed by atoms with E-state index in [0.717, 1.165) is 59.7 Å². The van der Waals surface area contributed by atoms with E-state index in [2.05, 4.69) is 287 Å². The van der Waals surface area contributed by atoms with Crippen molar-refractivity contribution in [1.29, 1.82) is 0 Å². The average molecular weight is 1070 g/mol. The number of fused-ring (bicyclic) bond motifs is 4. The summed E-state index contributed by atoms with van der Waals surface area (Å²) in [6.07, 6.45) is 8.52. The molecule has 0 atom stereocenters. The van der Waals surface area contributed by atoms with Gasteiger partial charge in [0.2, 0.25) is 0 Å². The van der Waals surface area contributed by atoms with Crippen molar-refractivity contribution < 1.29 is 4.74 Å². The highest BCUT2D eigenvalue weighted by Crippen LogP contribution is 2.65. The molecule has 7 aromatic carbocycles. The number of nitrogens with zero attached hydrogens (tertiary/aromatic N) is 4. The van der Waals surface area contributed by atoms with E-state index in [4.69, 9.17) is 9.72 Å². The topological polar surface area (TPSA) is 33.5 Å². The molecule has 5 heteroatoms. The van der Waals surface area contributed by atoms with Crippen LogP contribution in [0.15, 0.2) is 182 Å². The van der Waals surface area contributed by atoms with Crippen LogP contribution in [0.3, 0.4) is 0 Å². The zero-order valence-corrected chi connectivity index (χ0v) is 51.0. The molecule has 0 radical (unpaired) electrons. The molecule has 81 heavy (non-hydrogen) atoms. The minimum absolute atomic E-state index is 0.0265. The molecule has 0 saturated heterocycles. The van der Waals surface area contributed by atoms with Crippen molar-refractivity contribution in [2.75, 3.05) is 16.5 Å². The van der Waals surface area contributed by atoms with Crippen molar-refractivity contribution in [3.63, 3.8) is 0 Å². The Morgan fingerprint density at radius 3 is 1.48 bits per heavy atom. The van der Waals surface area contributed by atoms with Gasteiger partial charge in [-0.05, 0) is 159 Å². The van der Waals surface area contributed by atoms with E-state index in [1.165, 1.54) is 74.1 Å². The summed E-state index contributed by atoms with van der Waals surface area (Å²) in [6.45, 7) is 34.6. The molecular weight excluding hydrogens is 985 g/mol. The molecule has 2 saturated carbocycles. The Kier molecular flexibility index (Phi) is 12.9. The Hall–Kier alpha value is -7.11. The van der Waals surface area contributed by atoms with E-state index in [0.29, 0.717) is 6.67 Å². The Bertz CT molecular complexity index is 3690. The van der Waals surface area contributed by atoms with Crippen LogP contribution in [0.2, 0.25) is 0 Å². The fraction of sp³-hybridized carbons (Fsp3) is 0.382. The molecule has 2 aromatic heterocycles. The molecule has 12 rings (SSSR count). The third kappa shape index (κ3) is 9.95. The number of para-hydroxylation sites is 4. The van der Waals surface area contributed by atoms with Crippen LogP contribution in [0.1, 0.15) is 169 Å². The van der Waals surface area contributed by atoms with Gasteiger partial charge in [-0.15, -0.1) is 0 Å². The quantitative estimate of drug-likeness (QED) is 0.144. The van der Waals surface area contributed by atoms with Gasteiger partial charge in [0.15, 0.2) is 0 Å². The second-order valence-corrected chi connectivity index (χ2v) is 30.1. The molecule has 9 aromatic rings. The number of hydrogen-bond donors (Lipinski definition) is 0. The second-order valence-electron chi connectivity index (χ2n) is 30.1. The van der Waals surface area contributed by atoms with Crippen LogP contribution in [-0.4, -0.2) is 16.2 Å². The van der Waals surface area contributed by atoms with Crippen LogP contribution in [0.4, 0.5) is 22.7 Å². The first kappa shape index (κ1) is 54.5. The summed E-state index contributed by atoms with van der Waals surface area (Å²) in [5.74, 6) is 2.50. The smallest absolute Gasteiger partial charge is 0.137 e. The standard InChI is InChI=1S/C76H86N4O/c1-69(2,3)54-38-39-77-67(42-54)80-63-33-22-21-30-59(63)60-37-36-57(44-66(60)80)81-58-41-55(70(4,5)6)40-56(43-58)78-51-79(65-35-24-23-34-64(65)78)68-61(75(52-26-17-15-18-27-52)47-71(7,8)45-72(9,10)48-75)31-25-32-62(68)76(53-28-19-16-20-29-53)49-73(11,12)46-74(13,14)50-76/h15-44H,45-51H2,1-14H3. The number of ether oxygens (including phenoxy) is 1. The van der Waals surface area contributed by atoms with Crippen molar-refractivity contribution in [2.24, 2.45) is 21.7 Å². The van der Waals surface area contributed by atoms with Gasteiger partial charge in [0.05, 0.1) is 28.1 Å². The lowest BCUT2D eigenvalue weighted by Gasteiger charge is -2.56. The van der Waals surface area contributed by atoms with Gasteiger partial charge in [-0.25, -0.2) is 4.98 Å². The van der Waals surface area contributed by atoms with Crippen molar-refractivity contribution in [1.82, 2.24) is 9.55 Å². The molecule has 5 nitrogen and oxygen atoms in total. The molecule has 0 amide bonds. The van der Waals surface area contributed by atoms with Gasteiger partial charge in [-0.3, -0.25) is 4.57 Å². The maximum Gasteiger partial charge on any atom is 0.137 e. The van der Waals surface area contributed by atoms with E-state index >= 15 is 0 Å². The molecule has 0 unspecified atom stereocenters. The lowest BCUT2D eigenvalue weighted by Crippen LogP contribution is -2.47. The van der Waals surface area contributed by atoms with Crippen LogP contribution in [0.25, 0.3) is 27.6 Å². The lowest BCUT2D eigenvalue weighted by atomic mass is 9.49. The molecule has 3 heterocycles. The zero-order valence-electron chi connectivity index (χ0n) is 51.0. The number of pyridine rings is 1. The van der Waals surface area contributed by atoms with Crippen molar-refractivity contribution in [2.45, 2.75) is 157 Å². The number of anilines is 4. The molecule has 0 N–H and O–H groups in total. The van der Waals surface area contributed by atoms with E-state index in [9.17, 15) is 0 Å². The Balaban J connectivity index is 1.05. The average Bonchev–Trinajstić information content (AvgIpc) is 2.70. The minimum atomic E-state index is -0.275. The number of aromatic nitrogens is 2. The van der Waals surface area contributed by atoms with E-state index in [1.807, 2.05) is 6.20 Å². The number of hydrogen-bond acceptors (Lipinski definition) is 4. The molecule has 0 bridgehead atoms. The third-order valence-corrected chi connectivity index (χ3v) is 18.6. The molecule has 2 aliphatic carbocycles. The molecule has 3 aliphatic rings. The van der Waals surface area contributed by atoms with Crippen LogP contribution < -0.4 is 14.5 Å². The Labute approximate surface area is 484 Å². The Morgan fingerprint density at radius 2 is 0.926 bits per heavy atom. The third-order valence-electron chi connectivity index (χ3n) is 18.6. The van der Waals surface area contributed by atoms with Gasteiger partial charge < -0.3 is 14.5 Å². The highest BCUT2D eigenvalue weighted by Gasteiger charge is 2.55. The first-order chi connectivity index (χ1) is 38.2. The number of rotatable bonds is 9. The summed E-state index contributed by atoms with van der Waals surface area (Å²) in [5.41, 5.74) is 14.9. The van der Waals surface area contributed by atoms with Gasteiger partial charge in [0.1, 0.15) is 24.0 Å². The van der Waals surface area contributed by atoms with Crippen LogP contribution in [0, 0.1) is 21.7 Å². The van der Waals surface area contributed by atoms with Crippen molar-refractivity contribution >= 4 is 44.6 Å². The maximum atomic E-state index is 7.21. The predicted octanol–water partition coefficient (Wildman–Crippen LogP) is 20.9. The lowest BCUT2D eigenvalue weighted by molar-refractivity contribution is 0.0606. The summed E-state index contributed by atoms with van der Waals surface area (Å²) in [6, 6.07) is 66.6. The maximum absolute atomic E-state index is 7.21. The van der Waals surface area contributed by atoms with Gasteiger partial charge in [-0.2, -0.15) is 0 Å². The largest absolute Gasteiger partial charge is 0.457 e.